The second-order valence-electron chi connectivity index (χ2n) is 9.68. The van der Waals surface area contributed by atoms with Gasteiger partial charge in [0.05, 0.1) is 0 Å². The fourth-order valence-corrected chi connectivity index (χ4v) is 4.77. The van der Waals surface area contributed by atoms with Crippen LogP contribution < -0.4 is 15.1 Å². The molecule has 1 amide bonds. The second kappa shape index (κ2) is 10.9. The smallest absolute Gasteiger partial charge is 0.254 e. The summed E-state index contributed by atoms with van der Waals surface area (Å²) in [4.78, 5) is 35.5. The molecular weight excluding hydrogens is 452 g/mol. The van der Waals surface area contributed by atoms with Crippen molar-refractivity contribution < 1.29 is 4.79 Å². The third-order valence-electron chi connectivity index (χ3n) is 6.64. The summed E-state index contributed by atoms with van der Waals surface area (Å²) in [6.07, 6.45) is 6.12. The van der Waals surface area contributed by atoms with Gasteiger partial charge >= 0.3 is 0 Å². The highest BCUT2D eigenvalue weighted by atomic mass is 16.2. The van der Waals surface area contributed by atoms with Gasteiger partial charge in [-0.1, -0.05) is 12.1 Å². The Morgan fingerprint density at radius 3 is 2.42 bits per heavy atom. The molecule has 9 heteroatoms. The number of amides is 1. The van der Waals surface area contributed by atoms with Crippen molar-refractivity contribution in [3.05, 3.63) is 66.0 Å². The number of anilines is 4. The van der Waals surface area contributed by atoms with Crippen LogP contribution in [0.25, 0.3) is 0 Å². The molecular formula is C27H34N8O. The zero-order valence-corrected chi connectivity index (χ0v) is 21.1. The van der Waals surface area contributed by atoms with Gasteiger partial charge in [0.2, 0.25) is 5.95 Å². The Morgan fingerprint density at radius 1 is 0.917 bits per heavy atom. The molecule has 0 spiro atoms. The molecule has 2 aromatic heterocycles. The number of nitrogens with zero attached hydrogens (tertiary/aromatic N) is 7. The van der Waals surface area contributed by atoms with Crippen LogP contribution in [-0.4, -0.2) is 84.0 Å². The Morgan fingerprint density at radius 2 is 1.69 bits per heavy atom. The van der Waals surface area contributed by atoms with Crippen molar-refractivity contribution in [2.45, 2.75) is 19.4 Å². The molecule has 2 aliphatic rings. The topological polar surface area (TPSA) is 80.7 Å². The highest BCUT2D eigenvalue weighted by Crippen LogP contribution is 2.22. The number of piperazine rings is 1. The molecule has 0 saturated carbocycles. The van der Waals surface area contributed by atoms with Crippen molar-refractivity contribution >= 4 is 29.2 Å². The van der Waals surface area contributed by atoms with E-state index in [1.807, 2.05) is 41.4 Å². The summed E-state index contributed by atoms with van der Waals surface area (Å²) in [5.41, 5.74) is 2.66. The fourth-order valence-electron chi connectivity index (χ4n) is 4.77. The molecule has 188 valence electrons. The van der Waals surface area contributed by atoms with E-state index in [9.17, 15) is 4.79 Å². The zero-order chi connectivity index (χ0) is 24.9. The summed E-state index contributed by atoms with van der Waals surface area (Å²) in [6.45, 7) is 5.80. The first-order valence-electron chi connectivity index (χ1n) is 12.6. The number of aromatic nitrogens is 3. The Kier molecular flexibility index (Phi) is 7.27. The van der Waals surface area contributed by atoms with Crippen molar-refractivity contribution in [3.8, 4) is 0 Å². The van der Waals surface area contributed by atoms with Gasteiger partial charge in [0.15, 0.2) is 0 Å². The van der Waals surface area contributed by atoms with Crippen molar-refractivity contribution in [3.63, 3.8) is 0 Å². The molecule has 9 nitrogen and oxygen atoms in total. The molecule has 0 aliphatic carbocycles. The van der Waals surface area contributed by atoms with E-state index in [1.165, 1.54) is 18.4 Å². The van der Waals surface area contributed by atoms with Crippen molar-refractivity contribution in [2.75, 3.05) is 68.5 Å². The van der Waals surface area contributed by atoms with Gasteiger partial charge < -0.3 is 24.9 Å². The standard InChI is InChI=1S/C27H34N8O/c1-32(2)20-21-8-9-24(29-19-21)34-14-16-35(17-15-34)26(36)22-6-5-7-23(18-22)30-27-28-11-10-25(31-27)33-12-3-4-13-33/h5-11,18-19H,3-4,12-17,20H2,1-2H3,(H,28,30,31). The first-order chi connectivity index (χ1) is 17.5. The first kappa shape index (κ1) is 24.0. The van der Waals surface area contributed by atoms with Crippen LogP contribution in [0.15, 0.2) is 54.9 Å². The number of benzene rings is 1. The Labute approximate surface area is 212 Å². The van der Waals surface area contributed by atoms with Gasteiger partial charge in [0.1, 0.15) is 11.6 Å². The molecule has 1 aromatic carbocycles. The van der Waals surface area contributed by atoms with Crippen molar-refractivity contribution in [1.29, 1.82) is 0 Å². The highest BCUT2D eigenvalue weighted by Gasteiger charge is 2.23. The molecule has 0 atom stereocenters. The van der Waals surface area contributed by atoms with Crippen LogP contribution in [0.1, 0.15) is 28.8 Å². The van der Waals surface area contributed by atoms with Gasteiger partial charge in [-0.25, -0.2) is 9.97 Å². The van der Waals surface area contributed by atoms with Gasteiger partial charge in [0.25, 0.3) is 5.91 Å². The van der Waals surface area contributed by atoms with E-state index >= 15 is 0 Å². The van der Waals surface area contributed by atoms with Gasteiger partial charge in [-0.15, -0.1) is 0 Å². The fraction of sp³-hybridized carbons (Fsp3) is 0.407. The number of nitrogens with one attached hydrogen (secondary N) is 1. The maximum atomic E-state index is 13.2. The maximum absolute atomic E-state index is 13.2. The number of carbonyl (C=O) groups excluding carboxylic acids is 1. The largest absolute Gasteiger partial charge is 0.356 e. The molecule has 2 fully saturated rings. The number of carbonyl (C=O) groups is 1. The average Bonchev–Trinajstić information content (AvgIpc) is 3.44. The Hall–Kier alpha value is -3.72. The number of rotatable bonds is 7. The quantitative estimate of drug-likeness (QED) is 0.545. The van der Waals surface area contributed by atoms with E-state index in [0.29, 0.717) is 24.6 Å². The summed E-state index contributed by atoms with van der Waals surface area (Å²) in [5, 5.41) is 3.27. The van der Waals surface area contributed by atoms with E-state index in [-0.39, 0.29) is 5.91 Å². The van der Waals surface area contributed by atoms with Crippen LogP contribution in [0.3, 0.4) is 0 Å². The van der Waals surface area contributed by atoms with Gasteiger partial charge in [0, 0.05) is 69.5 Å². The summed E-state index contributed by atoms with van der Waals surface area (Å²) < 4.78 is 0. The van der Waals surface area contributed by atoms with Gasteiger partial charge in [-0.3, -0.25) is 4.79 Å². The molecule has 36 heavy (non-hydrogen) atoms. The van der Waals surface area contributed by atoms with Crippen LogP contribution in [0, 0.1) is 0 Å². The molecule has 2 aliphatic heterocycles. The number of hydrogen-bond acceptors (Lipinski definition) is 8. The molecule has 0 unspecified atom stereocenters. The summed E-state index contributed by atoms with van der Waals surface area (Å²) in [6, 6.07) is 13.7. The first-order valence-corrected chi connectivity index (χ1v) is 12.6. The van der Waals surface area contributed by atoms with Crippen LogP contribution in [0.4, 0.5) is 23.3 Å². The predicted molar refractivity (Wildman–Crippen MR) is 143 cm³/mol. The third kappa shape index (κ3) is 5.73. The molecule has 0 radical (unpaired) electrons. The molecule has 3 aromatic rings. The SMILES string of the molecule is CN(C)Cc1ccc(N2CCN(C(=O)c3cccc(Nc4nccc(N5CCCC5)n4)c3)CC2)nc1. The van der Waals surface area contributed by atoms with E-state index in [1.54, 1.807) is 6.20 Å². The van der Waals surface area contributed by atoms with Crippen molar-refractivity contribution in [2.24, 2.45) is 0 Å². The lowest BCUT2D eigenvalue weighted by Crippen LogP contribution is -2.49. The number of hydrogen-bond donors (Lipinski definition) is 1. The molecule has 2 saturated heterocycles. The lowest BCUT2D eigenvalue weighted by molar-refractivity contribution is 0.0746. The van der Waals surface area contributed by atoms with Crippen LogP contribution in [0.2, 0.25) is 0 Å². The predicted octanol–water partition coefficient (Wildman–Crippen LogP) is 3.24. The second-order valence-corrected chi connectivity index (χ2v) is 9.68. The Balaban J connectivity index is 1.19. The Bertz CT molecular complexity index is 1170. The third-order valence-corrected chi connectivity index (χ3v) is 6.64. The van der Waals surface area contributed by atoms with E-state index in [0.717, 1.165) is 50.0 Å². The molecule has 1 N–H and O–H groups in total. The number of pyridine rings is 1. The monoisotopic (exact) mass is 486 g/mol. The van der Waals surface area contributed by atoms with Gasteiger partial charge in [-0.05, 0) is 62.8 Å². The molecule has 0 bridgehead atoms. The molecule has 5 rings (SSSR count). The zero-order valence-electron chi connectivity index (χ0n) is 21.1. The normalized spacial score (nSPS) is 16.0. The minimum Gasteiger partial charge on any atom is -0.356 e. The minimum atomic E-state index is 0.0410. The summed E-state index contributed by atoms with van der Waals surface area (Å²) in [5.74, 6) is 2.49. The maximum Gasteiger partial charge on any atom is 0.254 e. The molecule has 4 heterocycles. The van der Waals surface area contributed by atoms with Crippen LogP contribution in [0.5, 0.6) is 0 Å². The van der Waals surface area contributed by atoms with E-state index in [2.05, 4.69) is 61.2 Å². The summed E-state index contributed by atoms with van der Waals surface area (Å²) in [7, 11) is 4.10. The highest BCUT2D eigenvalue weighted by molar-refractivity contribution is 5.95. The van der Waals surface area contributed by atoms with E-state index < -0.39 is 0 Å². The van der Waals surface area contributed by atoms with Crippen LogP contribution in [-0.2, 0) is 6.54 Å². The summed E-state index contributed by atoms with van der Waals surface area (Å²) >= 11 is 0. The lowest BCUT2D eigenvalue weighted by atomic mass is 10.1. The van der Waals surface area contributed by atoms with Crippen LogP contribution >= 0.6 is 0 Å². The average molecular weight is 487 g/mol. The van der Waals surface area contributed by atoms with Crippen molar-refractivity contribution in [1.82, 2.24) is 24.8 Å². The minimum absolute atomic E-state index is 0.0410. The lowest BCUT2D eigenvalue weighted by Gasteiger charge is -2.35. The van der Waals surface area contributed by atoms with Gasteiger partial charge in [-0.2, -0.15) is 4.98 Å². The van der Waals surface area contributed by atoms with E-state index in [4.69, 9.17) is 0 Å².